The topological polar surface area (TPSA) is 147 Å². The summed E-state index contributed by atoms with van der Waals surface area (Å²) in [6.07, 6.45) is 3.86. The van der Waals surface area contributed by atoms with Crippen molar-refractivity contribution >= 4 is 23.8 Å². The second-order valence-corrected chi connectivity index (χ2v) is 9.60. The highest BCUT2D eigenvalue weighted by Gasteiger charge is 2.30. The van der Waals surface area contributed by atoms with E-state index < -0.39 is 41.6 Å². The maximum atomic E-state index is 13.0. The third-order valence-electron chi connectivity index (χ3n) is 5.67. The summed E-state index contributed by atoms with van der Waals surface area (Å²) in [5.41, 5.74) is 0. The molecule has 11 heteroatoms. The normalized spacial score (nSPS) is 25.8. The fourth-order valence-corrected chi connectivity index (χ4v) is 3.39. The van der Waals surface area contributed by atoms with Crippen molar-refractivity contribution in [2.45, 2.75) is 58.9 Å². The number of hydrogen-bond donors (Lipinski definition) is 5. The minimum absolute atomic E-state index is 0.00900. The number of hydrogen-bond acceptors (Lipinski definition) is 6. The van der Waals surface area contributed by atoms with Crippen molar-refractivity contribution in [2.75, 3.05) is 32.8 Å². The molecular formula is C23H39N5O6. The molecule has 11 nitrogen and oxygen atoms in total. The highest BCUT2D eigenvalue weighted by molar-refractivity contribution is 5.93. The molecule has 5 amide bonds. The molecule has 2 rings (SSSR count). The van der Waals surface area contributed by atoms with Crippen LogP contribution in [0, 0.1) is 17.8 Å². The van der Waals surface area contributed by atoms with Crippen LogP contribution in [0.1, 0.15) is 41.0 Å². The van der Waals surface area contributed by atoms with Gasteiger partial charge in [0, 0.05) is 25.6 Å². The van der Waals surface area contributed by atoms with Crippen LogP contribution in [-0.4, -0.2) is 74.5 Å². The Morgan fingerprint density at radius 3 is 2.47 bits per heavy atom. The van der Waals surface area contributed by atoms with E-state index in [1.807, 2.05) is 27.7 Å². The van der Waals surface area contributed by atoms with Crippen LogP contribution >= 0.6 is 0 Å². The van der Waals surface area contributed by atoms with E-state index in [9.17, 15) is 19.2 Å². The lowest BCUT2D eigenvalue weighted by Gasteiger charge is -2.35. The van der Waals surface area contributed by atoms with Crippen molar-refractivity contribution in [3.63, 3.8) is 0 Å². The van der Waals surface area contributed by atoms with Gasteiger partial charge in [0.2, 0.25) is 17.7 Å². The molecule has 1 saturated heterocycles. The molecule has 0 saturated carbocycles. The van der Waals surface area contributed by atoms with Gasteiger partial charge in [0.25, 0.3) is 0 Å². The molecule has 0 radical (unpaired) electrons. The van der Waals surface area contributed by atoms with Crippen LogP contribution in [0.4, 0.5) is 4.79 Å². The molecule has 3 atom stereocenters. The molecule has 2 aliphatic heterocycles. The lowest BCUT2D eigenvalue weighted by molar-refractivity contribution is -0.261. The van der Waals surface area contributed by atoms with Crippen LogP contribution < -0.4 is 26.6 Å². The number of urea groups is 1. The van der Waals surface area contributed by atoms with Crippen molar-refractivity contribution < 1.29 is 28.7 Å². The molecule has 0 aromatic heterocycles. The third kappa shape index (κ3) is 8.94. The van der Waals surface area contributed by atoms with E-state index in [-0.39, 0.29) is 24.3 Å². The van der Waals surface area contributed by atoms with Gasteiger partial charge in [-0.05, 0) is 26.2 Å². The quantitative estimate of drug-likeness (QED) is 0.338. The summed E-state index contributed by atoms with van der Waals surface area (Å²) < 4.78 is 11.2. The van der Waals surface area contributed by atoms with E-state index in [0.29, 0.717) is 32.7 Å². The molecular weight excluding hydrogens is 442 g/mol. The van der Waals surface area contributed by atoms with Crippen LogP contribution in [0.5, 0.6) is 0 Å². The molecule has 192 valence electrons. The van der Waals surface area contributed by atoms with Gasteiger partial charge >= 0.3 is 6.03 Å². The van der Waals surface area contributed by atoms with Crippen LogP contribution in [0.3, 0.4) is 0 Å². The monoisotopic (exact) mass is 481 g/mol. The van der Waals surface area contributed by atoms with Crippen molar-refractivity contribution in [3.8, 4) is 0 Å². The second kappa shape index (κ2) is 12.7. The van der Waals surface area contributed by atoms with Crippen LogP contribution in [0.25, 0.3) is 0 Å². The lowest BCUT2D eigenvalue weighted by atomic mass is 10.0. The number of carbonyl (C=O) groups excluding carboxylic acids is 4. The first kappa shape index (κ1) is 27.6. The Morgan fingerprint density at radius 1 is 1.15 bits per heavy atom. The zero-order chi connectivity index (χ0) is 25.3. The van der Waals surface area contributed by atoms with Crippen molar-refractivity contribution in [1.29, 1.82) is 0 Å². The first-order valence-corrected chi connectivity index (χ1v) is 11.8. The molecule has 0 aliphatic carbocycles. The average molecular weight is 482 g/mol. The summed E-state index contributed by atoms with van der Waals surface area (Å²) >= 11 is 0. The number of carbonyl (C=O) groups is 4. The Labute approximate surface area is 201 Å². The number of nitrogens with one attached hydrogen (secondary N) is 5. The number of rotatable bonds is 6. The highest BCUT2D eigenvalue weighted by Crippen LogP contribution is 2.19. The SMILES string of the molecule is CC1CNC(=O)[C@@H](NC(=O)[C@@H](NC(=O)NCC2COC(C)(C)OC2)C(C)C)/C=C/CCNC1=O. The lowest BCUT2D eigenvalue weighted by Crippen LogP contribution is -2.57. The number of amides is 5. The zero-order valence-electron chi connectivity index (χ0n) is 20.7. The first-order valence-electron chi connectivity index (χ1n) is 11.8. The van der Waals surface area contributed by atoms with Crippen molar-refractivity contribution in [2.24, 2.45) is 17.8 Å². The third-order valence-corrected chi connectivity index (χ3v) is 5.67. The second-order valence-electron chi connectivity index (χ2n) is 9.60. The van der Waals surface area contributed by atoms with Gasteiger partial charge in [-0.15, -0.1) is 0 Å². The van der Waals surface area contributed by atoms with Crippen LogP contribution in [-0.2, 0) is 23.9 Å². The van der Waals surface area contributed by atoms with Crippen LogP contribution in [0.15, 0.2) is 12.2 Å². The van der Waals surface area contributed by atoms with E-state index >= 15 is 0 Å². The predicted molar refractivity (Wildman–Crippen MR) is 126 cm³/mol. The summed E-state index contributed by atoms with van der Waals surface area (Å²) in [6.45, 7) is 10.9. The standard InChI is InChI=1S/C23H39N5O6/c1-14(2)18(28-22(32)26-11-16-12-33-23(4,5)34-13-16)21(31)27-17-8-6-7-9-24-19(29)15(3)10-25-20(17)30/h6,8,14-18H,7,9-13H2,1-5H3,(H,24,29)(H,25,30)(H,27,31)(H2,26,28,32)/b8-6+/t15?,17-,18-/m0/s1. The molecule has 0 aromatic rings. The minimum atomic E-state index is -0.918. The van der Waals surface area contributed by atoms with E-state index in [1.54, 1.807) is 19.1 Å². The van der Waals surface area contributed by atoms with Crippen molar-refractivity contribution in [1.82, 2.24) is 26.6 Å². The van der Waals surface area contributed by atoms with E-state index in [1.165, 1.54) is 0 Å². The minimum Gasteiger partial charge on any atom is -0.356 e. The van der Waals surface area contributed by atoms with Gasteiger partial charge in [0.1, 0.15) is 12.1 Å². The maximum absolute atomic E-state index is 13.0. The maximum Gasteiger partial charge on any atom is 0.315 e. The van der Waals surface area contributed by atoms with E-state index in [0.717, 1.165) is 0 Å². The summed E-state index contributed by atoms with van der Waals surface area (Å²) in [4.78, 5) is 50.0. The van der Waals surface area contributed by atoms with Gasteiger partial charge in [0.05, 0.1) is 19.1 Å². The highest BCUT2D eigenvalue weighted by atomic mass is 16.7. The van der Waals surface area contributed by atoms with Crippen LogP contribution in [0.2, 0.25) is 0 Å². The predicted octanol–water partition coefficient (Wildman–Crippen LogP) is 0.0225. The molecule has 0 aromatic carbocycles. The molecule has 2 heterocycles. The van der Waals surface area contributed by atoms with Crippen molar-refractivity contribution in [3.05, 3.63) is 12.2 Å². The Hall–Kier alpha value is -2.66. The molecule has 1 unspecified atom stereocenters. The number of ether oxygens (including phenoxy) is 2. The van der Waals surface area contributed by atoms with Gasteiger partial charge in [-0.2, -0.15) is 0 Å². The average Bonchev–Trinajstić information content (AvgIpc) is 2.80. The Kier molecular flexibility index (Phi) is 10.3. The summed E-state index contributed by atoms with van der Waals surface area (Å²) in [6, 6.07) is -2.25. The molecule has 0 bridgehead atoms. The fraction of sp³-hybridized carbons (Fsp3) is 0.739. The Bertz CT molecular complexity index is 759. The molecule has 2 aliphatic rings. The Morgan fingerprint density at radius 2 is 1.82 bits per heavy atom. The first-order chi connectivity index (χ1) is 16.0. The van der Waals surface area contributed by atoms with Gasteiger partial charge in [-0.3, -0.25) is 14.4 Å². The molecule has 34 heavy (non-hydrogen) atoms. The molecule has 5 N–H and O–H groups in total. The smallest absolute Gasteiger partial charge is 0.315 e. The van der Waals surface area contributed by atoms with E-state index in [2.05, 4.69) is 26.6 Å². The van der Waals surface area contributed by atoms with Gasteiger partial charge in [-0.1, -0.05) is 32.9 Å². The molecule has 0 spiro atoms. The van der Waals surface area contributed by atoms with Gasteiger partial charge in [0.15, 0.2) is 5.79 Å². The molecule has 1 fully saturated rings. The summed E-state index contributed by atoms with van der Waals surface area (Å²) in [7, 11) is 0. The van der Waals surface area contributed by atoms with Gasteiger partial charge < -0.3 is 36.1 Å². The largest absolute Gasteiger partial charge is 0.356 e. The summed E-state index contributed by atoms with van der Waals surface area (Å²) in [5.74, 6) is -2.26. The zero-order valence-corrected chi connectivity index (χ0v) is 20.7. The fourth-order valence-electron chi connectivity index (χ4n) is 3.39. The Balaban J connectivity index is 1.92. The van der Waals surface area contributed by atoms with Gasteiger partial charge in [-0.25, -0.2) is 4.79 Å². The van der Waals surface area contributed by atoms with E-state index in [4.69, 9.17) is 9.47 Å². The summed E-state index contributed by atoms with van der Waals surface area (Å²) in [5, 5.41) is 13.7.